The molecular formula is C10H9NO3S. The van der Waals surface area contributed by atoms with E-state index in [1.54, 1.807) is 0 Å². The molecule has 2 heterocycles. The first-order valence-corrected chi connectivity index (χ1v) is 5.18. The highest BCUT2D eigenvalue weighted by molar-refractivity contribution is 7.18. The molecule has 2 aromatic heterocycles. The Balaban J connectivity index is 2.95. The van der Waals surface area contributed by atoms with E-state index in [0.29, 0.717) is 5.39 Å². The van der Waals surface area contributed by atoms with Crippen LogP contribution < -0.4 is 5.43 Å². The van der Waals surface area contributed by atoms with Gasteiger partial charge in [0.15, 0.2) is 0 Å². The molecule has 0 atom stereocenters. The molecule has 0 aliphatic carbocycles. The second kappa shape index (κ2) is 3.20. The molecule has 0 bridgehead atoms. The molecule has 0 fully saturated rings. The number of carboxylic acids is 1. The molecule has 0 aliphatic rings. The Hall–Kier alpha value is -1.62. The van der Waals surface area contributed by atoms with Crippen molar-refractivity contribution in [2.75, 3.05) is 0 Å². The van der Waals surface area contributed by atoms with Crippen molar-refractivity contribution < 1.29 is 9.90 Å². The number of carboxylic acid groups (broad SMARTS) is 1. The fourth-order valence-corrected chi connectivity index (χ4v) is 2.53. The molecule has 0 radical (unpaired) electrons. The summed E-state index contributed by atoms with van der Waals surface area (Å²) >= 11 is 1.46. The number of nitrogens with one attached hydrogen (secondary N) is 1. The van der Waals surface area contributed by atoms with Crippen LogP contribution in [0.25, 0.3) is 10.2 Å². The molecule has 0 saturated carbocycles. The topological polar surface area (TPSA) is 70.2 Å². The molecule has 4 nitrogen and oxygen atoms in total. The molecule has 78 valence electrons. The zero-order valence-corrected chi connectivity index (χ0v) is 9.07. The molecule has 0 saturated heterocycles. The van der Waals surface area contributed by atoms with Crippen LogP contribution in [0.15, 0.2) is 11.0 Å². The maximum Gasteiger partial charge on any atom is 0.341 e. The Morgan fingerprint density at radius 2 is 2.13 bits per heavy atom. The van der Waals surface area contributed by atoms with Crippen LogP contribution in [0, 0.1) is 13.8 Å². The third-order valence-electron chi connectivity index (χ3n) is 2.44. The van der Waals surface area contributed by atoms with Crippen molar-refractivity contribution in [3.63, 3.8) is 0 Å². The molecule has 0 unspecified atom stereocenters. The molecule has 0 aromatic carbocycles. The van der Waals surface area contributed by atoms with E-state index in [1.807, 2.05) is 13.8 Å². The van der Waals surface area contributed by atoms with E-state index in [-0.39, 0.29) is 5.56 Å². The summed E-state index contributed by atoms with van der Waals surface area (Å²) in [7, 11) is 0. The van der Waals surface area contributed by atoms with Gasteiger partial charge in [-0.25, -0.2) is 4.79 Å². The van der Waals surface area contributed by atoms with Crippen LogP contribution >= 0.6 is 11.3 Å². The molecule has 0 aliphatic heterocycles. The summed E-state index contributed by atoms with van der Waals surface area (Å²) in [6.45, 7) is 3.74. The lowest BCUT2D eigenvalue weighted by Crippen LogP contribution is -2.15. The second-order valence-electron chi connectivity index (χ2n) is 3.32. The van der Waals surface area contributed by atoms with Gasteiger partial charge in [0, 0.05) is 11.1 Å². The zero-order valence-electron chi connectivity index (χ0n) is 8.25. The SMILES string of the molecule is Cc1sc2[nH]cc(C(=O)O)c(=O)c2c1C. The minimum Gasteiger partial charge on any atom is -0.477 e. The molecule has 0 spiro atoms. The van der Waals surface area contributed by atoms with E-state index in [0.717, 1.165) is 15.3 Å². The number of carbonyl (C=O) groups is 1. The van der Waals surface area contributed by atoms with Gasteiger partial charge in [-0.05, 0) is 19.4 Å². The largest absolute Gasteiger partial charge is 0.477 e. The molecule has 2 aromatic rings. The van der Waals surface area contributed by atoms with Gasteiger partial charge in [0.1, 0.15) is 10.4 Å². The summed E-state index contributed by atoms with van der Waals surface area (Å²) in [6, 6.07) is 0. The summed E-state index contributed by atoms with van der Waals surface area (Å²) < 4.78 is 0. The molecule has 2 rings (SSSR count). The number of aryl methyl sites for hydroxylation is 2. The van der Waals surface area contributed by atoms with Gasteiger partial charge in [0.25, 0.3) is 0 Å². The fourth-order valence-electron chi connectivity index (χ4n) is 1.50. The quantitative estimate of drug-likeness (QED) is 0.775. The maximum atomic E-state index is 11.8. The normalized spacial score (nSPS) is 10.8. The Labute approximate surface area is 89.2 Å². The van der Waals surface area contributed by atoms with Gasteiger partial charge in [-0.15, -0.1) is 11.3 Å². The van der Waals surface area contributed by atoms with Crippen LogP contribution in [0.2, 0.25) is 0 Å². The standard InChI is InChI=1S/C10H9NO3S/c1-4-5(2)15-9-7(4)8(12)6(3-11-9)10(13)14/h3H,1-2H3,(H,11,12)(H,13,14). The Bertz CT molecular complexity index is 609. The highest BCUT2D eigenvalue weighted by atomic mass is 32.1. The van der Waals surface area contributed by atoms with Crippen molar-refractivity contribution in [3.05, 3.63) is 32.4 Å². The van der Waals surface area contributed by atoms with Gasteiger partial charge in [-0.1, -0.05) is 0 Å². The summed E-state index contributed by atoms with van der Waals surface area (Å²) in [5.74, 6) is -1.19. The minimum absolute atomic E-state index is 0.205. The van der Waals surface area contributed by atoms with Crippen LogP contribution in [-0.2, 0) is 0 Å². The average molecular weight is 223 g/mol. The van der Waals surface area contributed by atoms with Crippen LogP contribution in [0.5, 0.6) is 0 Å². The van der Waals surface area contributed by atoms with E-state index in [2.05, 4.69) is 4.98 Å². The number of rotatable bonds is 1. The lowest BCUT2D eigenvalue weighted by atomic mass is 10.1. The zero-order chi connectivity index (χ0) is 11.2. The van der Waals surface area contributed by atoms with Crippen molar-refractivity contribution in [1.29, 1.82) is 0 Å². The third-order valence-corrected chi connectivity index (χ3v) is 3.57. The number of hydrogen-bond acceptors (Lipinski definition) is 3. The second-order valence-corrected chi connectivity index (χ2v) is 4.55. The molecule has 15 heavy (non-hydrogen) atoms. The lowest BCUT2D eigenvalue weighted by Gasteiger charge is -1.95. The summed E-state index contributed by atoms with van der Waals surface area (Å²) in [4.78, 5) is 27.2. The number of aromatic amines is 1. The van der Waals surface area contributed by atoms with Crippen LogP contribution in [0.1, 0.15) is 20.8 Å². The van der Waals surface area contributed by atoms with E-state index in [1.165, 1.54) is 17.5 Å². The number of pyridine rings is 1. The van der Waals surface area contributed by atoms with Gasteiger partial charge in [-0.2, -0.15) is 0 Å². The van der Waals surface area contributed by atoms with Crippen molar-refractivity contribution in [2.24, 2.45) is 0 Å². The lowest BCUT2D eigenvalue weighted by molar-refractivity contribution is 0.0695. The maximum absolute atomic E-state index is 11.8. The number of aromatic nitrogens is 1. The molecule has 0 amide bonds. The Morgan fingerprint density at radius 1 is 1.47 bits per heavy atom. The van der Waals surface area contributed by atoms with E-state index in [9.17, 15) is 9.59 Å². The Kier molecular flexibility index (Phi) is 2.12. The van der Waals surface area contributed by atoms with Gasteiger partial charge < -0.3 is 10.1 Å². The van der Waals surface area contributed by atoms with E-state index >= 15 is 0 Å². The minimum atomic E-state index is -1.19. The van der Waals surface area contributed by atoms with Crippen molar-refractivity contribution in [3.8, 4) is 0 Å². The van der Waals surface area contributed by atoms with Crippen molar-refractivity contribution >= 4 is 27.5 Å². The number of thiophene rings is 1. The van der Waals surface area contributed by atoms with Crippen LogP contribution in [0.4, 0.5) is 0 Å². The predicted octanol–water partition coefficient (Wildman–Crippen LogP) is 1.90. The number of aromatic carboxylic acids is 1. The average Bonchev–Trinajstić information content (AvgIpc) is 2.43. The third kappa shape index (κ3) is 1.35. The first-order valence-electron chi connectivity index (χ1n) is 4.37. The van der Waals surface area contributed by atoms with Gasteiger partial charge >= 0.3 is 5.97 Å². The number of fused-ring (bicyclic) bond motifs is 1. The fraction of sp³-hybridized carbons (Fsp3) is 0.200. The molecule has 5 heteroatoms. The van der Waals surface area contributed by atoms with Crippen molar-refractivity contribution in [2.45, 2.75) is 13.8 Å². The van der Waals surface area contributed by atoms with Gasteiger partial charge in [-0.3, -0.25) is 4.79 Å². The smallest absolute Gasteiger partial charge is 0.341 e. The predicted molar refractivity (Wildman–Crippen MR) is 58.9 cm³/mol. The number of hydrogen-bond donors (Lipinski definition) is 2. The molecular weight excluding hydrogens is 214 g/mol. The first-order chi connectivity index (χ1) is 7.02. The summed E-state index contributed by atoms with van der Waals surface area (Å²) in [5, 5.41) is 9.30. The van der Waals surface area contributed by atoms with Crippen LogP contribution in [-0.4, -0.2) is 16.1 Å². The van der Waals surface area contributed by atoms with E-state index < -0.39 is 11.4 Å². The van der Waals surface area contributed by atoms with E-state index in [4.69, 9.17) is 5.11 Å². The Morgan fingerprint density at radius 3 is 2.73 bits per heavy atom. The summed E-state index contributed by atoms with van der Waals surface area (Å²) in [5.41, 5.74) is 0.251. The molecule has 2 N–H and O–H groups in total. The summed E-state index contributed by atoms with van der Waals surface area (Å²) in [6.07, 6.45) is 1.25. The van der Waals surface area contributed by atoms with Gasteiger partial charge in [0.2, 0.25) is 5.43 Å². The van der Waals surface area contributed by atoms with Crippen molar-refractivity contribution in [1.82, 2.24) is 4.98 Å². The van der Waals surface area contributed by atoms with Crippen LogP contribution in [0.3, 0.4) is 0 Å². The highest BCUT2D eigenvalue weighted by Crippen LogP contribution is 2.25. The number of H-pyrrole nitrogens is 1. The first kappa shape index (κ1) is 9.92. The van der Waals surface area contributed by atoms with Gasteiger partial charge in [0.05, 0.1) is 5.39 Å². The highest BCUT2D eigenvalue weighted by Gasteiger charge is 2.15. The monoisotopic (exact) mass is 223 g/mol.